The summed E-state index contributed by atoms with van der Waals surface area (Å²) in [6, 6.07) is 17.5. The van der Waals surface area contributed by atoms with Crippen LogP contribution in [0.4, 0.5) is 4.79 Å². The van der Waals surface area contributed by atoms with Gasteiger partial charge in [0.15, 0.2) is 0 Å². The molecule has 0 saturated carbocycles. The molecule has 4 heteroatoms. The highest BCUT2D eigenvalue weighted by atomic mass is 16.6. The minimum Gasteiger partial charge on any atom is -0.444 e. The summed E-state index contributed by atoms with van der Waals surface area (Å²) in [4.78, 5) is 12.7. The van der Waals surface area contributed by atoms with Crippen LogP contribution in [0.3, 0.4) is 0 Å². The maximum Gasteiger partial charge on any atom is 0.407 e. The lowest BCUT2D eigenvalue weighted by molar-refractivity contribution is 0.0498. The number of nitrogens with one attached hydrogen (secondary N) is 2. The van der Waals surface area contributed by atoms with Gasteiger partial charge >= 0.3 is 6.09 Å². The van der Waals surface area contributed by atoms with E-state index in [4.69, 9.17) is 4.74 Å². The van der Waals surface area contributed by atoms with Crippen molar-refractivity contribution >= 4 is 6.09 Å². The molecule has 0 saturated heterocycles. The van der Waals surface area contributed by atoms with Gasteiger partial charge in [-0.05, 0) is 55.9 Å². The monoisotopic (exact) mass is 394 g/mol. The molecule has 29 heavy (non-hydrogen) atoms. The Hall–Kier alpha value is -2.33. The summed E-state index contributed by atoms with van der Waals surface area (Å²) in [5, 5.41) is 6.71. The van der Waals surface area contributed by atoms with Crippen LogP contribution in [-0.4, -0.2) is 30.3 Å². The van der Waals surface area contributed by atoms with Gasteiger partial charge in [-0.25, -0.2) is 4.79 Å². The summed E-state index contributed by atoms with van der Waals surface area (Å²) >= 11 is 0. The molecular formula is C25H34N2O2. The van der Waals surface area contributed by atoms with E-state index in [0.29, 0.717) is 12.6 Å². The third kappa shape index (κ3) is 5.60. The van der Waals surface area contributed by atoms with E-state index >= 15 is 0 Å². The molecule has 156 valence electrons. The molecule has 1 atom stereocenters. The molecule has 0 bridgehead atoms. The number of hydrogen-bond acceptors (Lipinski definition) is 3. The number of carbonyl (C=O) groups excluding carboxylic acids is 1. The molecule has 0 spiro atoms. The maximum atomic E-state index is 12.7. The average Bonchev–Trinajstić information content (AvgIpc) is 2.80. The van der Waals surface area contributed by atoms with Gasteiger partial charge < -0.3 is 15.4 Å². The summed E-state index contributed by atoms with van der Waals surface area (Å²) in [5.41, 5.74) is 4.77. The molecule has 3 rings (SSSR count). The smallest absolute Gasteiger partial charge is 0.407 e. The van der Waals surface area contributed by atoms with Crippen molar-refractivity contribution in [2.75, 3.05) is 6.54 Å². The number of benzene rings is 2. The fraction of sp³-hybridized carbons (Fsp3) is 0.480. The highest BCUT2D eigenvalue weighted by molar-refractivity contribution is 5.68. The lowest BCUT2D eigenvalue weighted by atomic mass is 9.82. The summed E-state index contributed by atoms with van der Waals surface area (Å²) < 4.78 is 5.60. The maximum absolute atomic E-state index is 12.7. The zero-order chi connectivity index (χ0) is 21.0. The number of carbonyl (C=O) groups is 1. The van der Waals surface area contributed by atoms with Gasteiger partial charge in [0.05, 0.1) is 6.04 Å². The largest absolute Gasteiger partial charge is 0.444 e. The van der Waals surface area contributed by atoms with Crippen molar-refractivity contribution in [3.05, 3.63) is 70.8 Å². The highest BCUT2D eigenvalue weighted by Gasteiger charge is 2.32. The van der Waals surface area contributed by atoms with Gasteiger partial charge in [0, 0.05) is 18.5 Å². The molecule has 2 aromatic carbocycles. The number of alkyl carbamates (subject to hydrolysis) is 1. The van der Waals surface area contributed by atoms with Crippen LogP contribution in [0.1, 0.15) is 62.8 Å². The molecule has 2 aromatic rings. The first-order valence-corrected chi connectivity index (χ1v) is 10.6. The van der Waals surface area contributed by atoms with E-state index in [2.05, 4.69) is 73.0 Å². The van der Waals surface area contributed by atoms with Crippen molar-refractivity contribution in [2.45, 2.75) is 71.1 Å². The van der Waals surface area contributed by atoms with Crippen LogP contribution >= 0.6 is 0 Å². The van der Waals surface area contributed by atoms with Crippen LogP contribution < -0.4 is 10.6 Å². The Kier molecular flexibility index (Phi) is 6.63. The lowest BCUT2D eigenvalue weighted by Crippen LogP contribution is -2.49. The van der Waals surface area contributed by atoms with Gasteiger partial charge in [-0.3, -0.25) is 0 Å². The van der Waals surface area contributed by atoms with Crippen LogP contribution in [-0.2, 0) is 17.6 Å². The van der Waals surface area contributed by atoms with E-state index in [1.165, 1.54) is 22.3 Å². The first-order chi connectivity index (χ1) is 13.7. The highest BCUT2D eigenvalue weighted by Crippen LogP contribution is 2.36. The van der Waals surface area contributed by atoms with Crippen molar-refractivity contribution in [2.24, 2.45) is 0 Å². The van der Waals surface area contributed by atoms with E-state index in [1.807, 2.05) is 20.8 Å². The van der Waals surface area contributed by atoms with Gasteiger partial charge in [-0.2, -0.15) is 0 Å². The molecule has 4 nitrogen and oxygen atoms in total. The van der Waals surface area contributed by atoms with Crippen LogP contribution in [0.2, 0.25) is 0 Å². The van der Waals surface area contributed by atoms with E-state index in [0.717, 1.165) is 12.8 Å². The van der Waals surface area contributed by atoms with Crippen molar-refractivity contribution in [1.29, 1.82) is 0 Å². The fourth-order valence-electron chi connectivity index (χ4n) is 4.07. The predicted molar refractivity (Wildman–Crippen MR) is 118 cm³/mol. The summed E-state index contributed by atoms with van der Waals surface area (Å²) in [7, 11) is 0. The van der Waals surface area contributed by atoms with Crippen molar-refractivity contribution < 1.29 is 9.53 Å². The number of hydrogen-bond donors (Lipinski definition) is 2. The second-order valence-corrected chi connectivity index (χ2v) is 9.19. The molecular weight excluding hydrogens is 360 g/mol. The van der Waals surface area contributed by atoms with Crippen LogP contribution in [0.5, 0.6) is 0 Å². The Morgan fingerprint density at radius 3 is 2.00 bits per heavy atom. The van der Waals surface area contributed by atoms with Crippen LogP contribution in [0.25, 0.3) is 0 Å². The number of amides is 1. The second-order valence-electron chi connectivity index (χ2n) is 9.19. The quantitative estimate of drug-likeness (QED) is 0.765. The molecule has 0 aliphatic heterocycles. The van der Waals surface area contributed by atoms with Crippen molar-refractivity contribution in [1.82, 2.24) is 10.6 Å². The number of aryl methyl sites for hydroxylation is 2. The second kappa shape index (κ2) is 9.00. The van der Waals surface area contributed by atoms with Gasteiger partial charge in [0.2, 0.25) is 0 Å². The van der Waals surface area contributed by atoms with E-state index in [1.54, 1.807) is 0 Å². The van der Waals surface area contributed by atoms with Gasteiger partial charge in [-0.1, -0.05) is 62.4 Å². The minimum absolute atomic E-state index is 0.0728. The Morgan fingerprint density at radius 2 is 1.52 bits per heavy atom. The third-order valence-corrected chi connectivity index (χ3v) is 5.29. The number of rotatable bonds is 5. The van der Waals surface area contributed by atoms with Gasteiger partial charge in [0.1, 0.15) is 5.60 Å². The fourth-order valence-corrected chi connectivity index (χ4v) is 4.07. The van der Waals surface area contributed by atoms with E-state index in [9.17, 15) is 4.79 Å². The Balaban J connectivity index is 2.02. The minimum atomic E-state index is -0.528. The summed E-state index contributed by atoms with van der Waals surface area (Å²) in [5.74, 6) is 0.0728. The molecule has 0 heterocycles. The van der Waals surface area contributed by atoms with Gasteiger partial charge in [0.25, 0.3) is 0 Å². The molecule has 0 aromatic heterocycles. The molecule has 1 aliphatic rings. The topological polar surface area (TPSA) is 50.4 Å². The van der Waals surface area contributed by atoms with Crippen molar-refractivity contribution in [3.8, 4) is 0 Å². The summed E-state index contributed by atoms with van der Waals surface area (Å²) in [6.07, 6.45) is 1.66. The van der Waals surface area contributed by atoms with E-state index < -0.39 is 5.60 Å². The number of fused-ring (bicyclic) bond motifs is 2. The van der Waals surface area contributed by atoms with Crippen molar-refractivity contribution in [3.63, 3.8) is 0 Å². The first-order valence-electron chi connectivity index (χ1n) is 10.6. The Labute approximate surface area is 175 Å². The van der Waals surface area contributed by atoms with Crippen LogP contribution in [0, 0.1) is 0 Å². The summed E-state index contributed by atoms with van der Waals surface area (Å²) in [6.45, 7) is 10.6. The predicted octanol–water partition coefficient (Wildman–Crippen LogP) is 4.81. The Bertz CT molecular complexity index is 791. The third-order valence-electron chi connectivity index (χ3n) is 5.29. The SMILES string of the molecule is CC(C)NCC(NC(=O)OC(C)(C)C)C1c2ccccc2CCc2ccccc21. The molecule has 1 aliphatic carbocycles. The zero-order valence-electron chi connectivity index (χ0n) is 18.3. The molecule has 0 fully saturated rings. The Morgan fingerprint density at radius 1 is 1.00 bits per heavy atom. The number of ether oxygens (including phenoxy) is 1. The average molecular weight is 395 g/mol. The standard InChI is InChI=1S/C25H34N2O2/c1-17(2)26-16-22(27-24(28)29-25(3,4)5)23-20-12-8-6-10-18(20)14-15-19-11-7-9-13-21(19)23/h6-13,17,22-23,26H,14-16H2,1-5H3,(H,27,28). The lowest BCUT2D eigenvalue weighted by Gasteiger charge is -2.32. The van der Waals surface area contributed by atoms with E-state index in [-0.39, 0.29) is 18.1 Å². The van der Waals surface area contributed by atoms with Crippen LogP contribution in [0.15, 0.2) is 48.5 Å². The zero-order valence-corrected chi connectivity index (χ0v) is 18.3. The van der Waals surface area contributed by atoms with Gasteiger partial charge in [-0.15, -0.1) is 0 Å². The first kappa shape index (κ1) is 21.4. The molecule has 1 unspecified atom stereocenters. The molecule has 0 radical (unpaired) electrons. The normalized spacial score (nSPS) is 15.2. The molecule has 1 amide bonds. The molecule has 2 N–H and O–H groups in total.